The van der Waals surface area contributed by atoms with Crippen LogP contribution in [0.15, 0.2) is 12.1 Å². The summed E-state index contributed by atoms with van der Waals surface area (Å²) in [5.41, 5.74) is 0.368. The molecular formula is C13H18FIN2OSi. The minimum absolute atomic E-state index is 0.0853. The first-order chi connectivity index (χ1) is 8.62. The van der Waals surface area contributed by atoms with E-state index in [-0.39, 0.29) is 10.9 Å². The van der Waals surface area contributed by atoms with Gasteiger partial charge in [0.2, 0.25) is 8.32 Å². The molecule has 1 aromatic carbocycles. The summed E-state index contributed by atoms with van der Waals surface area (Å²) in [7, 11) is -1.95. The first-order valence-corrected chi connectivity index (χ1v) is 10.1. The van der Waals surface area contributed by atoms with Crippen molar-refractivity contribution < 1.29 is 8.82 Å². The van der Waals surface area contributed by atoms with E-state index in [1.165, 1.54) is 6.07 Å². The van der Waals surface area contributed by atoms with E-state index < -0.39 is 8.32 Å². The quantitative estimate of drug-likeness (QED) is 0.595. The van der Waals surface area contributed by atoms with E-state index in [0.29, 0.717) is 11.3 Å². The standard InChI is InChI=1S/C13H18FIN2OSi/c1-13(2,3)19(4,5)18-8-6-9-11(10(14)7-8)16-17-12(9)15/h6-7H,1-5H3,(H,16,17). The molecule has 6 heteroatoms. The van der Waals surface area contributed by atoms with Gasteiger partial charge in [0.1, 0.15) is 15.0 Å². The fraction of sp³-hybridized carbons (Fsp3) is 0.462. The second-order valence-electron chi connectivity index (χ2n) is 6.20. The molecule has 3 nitrogen and oxygen atoms in total. The van der Waals surface area contributed by atoms with E-state index >= 15 is 0 Å². The Kier molecular flexibility index (Phi) is 3.68. The van der Waals surface area contributed by atoms with Crippen molar-refractivity contribution >= 4 is 41.8 Å². The molecule has 0 radical (unpaired) electrons. The van der Waals surface area contributed by atoms with E-state index in [9.17, 15) is 4.39 Å². The summed E-state index contributed by atoms with van der Waals surface area (Å²) in [6.45, 7) is 10.8. The molecular weight excluding hydrogens is 374 g/mol. The number of aromatic nitrogens is 2. The number of H-pyrrole nitrogens is 1. The molecule has 2 aromatic rings. The lowest BCUT2D eigenvalue weighted by atomic mass is 10.2. The summed E-state index contributed by atoms with van der Waals surface area (Å²) in [4.78, 5) is 0. The predicted octanol–water partition coefficient (Wildman–Crippen LogP) is 4.69. The molecule has 0 bridgehead atoms. The largest absolute Gasteiger partial charge is 0.543 e. The highest BCUT2D eigenvalue weighted by molar-refractivity contribution is 14.1. The minimum Gasteiger partial charge on any atom is -0.543 e. The van der Waals surface area contributed by atoms with Crippen molar-refractivity contribution in [3.63, 3.8) is 0 Å². The van der Waals surface area contributed by atoms with E-state index in [2.05, 4.69) is 66.7 Å². The van der Waals surface area contributed by atoms with Crippen molar-refractivity contribution in [3.8, 4) is 5.75 Å². The molecule has 0 saturated carbocycles. The van der Waals surface area contributed by atoms with E-state index in [1.54, 1.807) is 0 Å². The van der Waals surface area contributed by atoms with Gasteiger partial charge in [-0.1, -0.05) is 20.8 Å². The summed E-state index contributed by atoms with van der Waals surface area (Å²) in [5.74, 6) is 0.251. The van der Waals surface area contributed by atoms with Gasteiger partial charge in [-0.05, 0) is 46.8 Å². The fourth-order valence-electron chi connectivity index (χ4n) is 1.53. The summed E-state index contributed by atoms with van der Waals surface area (Å²) in [6, 6.07) is 3.30. The van der Waals surface area contributed by atoms with Gasteiger partial charge in [0, 0.05) is 11.5 Å². The molecule has 0 unspecified atom stereocenters. The van der Waals surface area contributed by atoms with Crippen molar-refractivity contribution in [1.82, 2.24) is 10.2 Å². The predicted molar refractivity (Wildman–Crippen MR) is 86.6 cm³/mol. The Balaban J connectivity index is 2.44. The molecule has 0 aliphatic rings. The van der Waals surface area contributed by atoms with Crippen LogP contribution in [-0.2, 0) is 0 Å². The Morgan fingerprint density at radius 1 is 1.32 bits per heavy atom. The number of hydrogen-bond acceptors (Lipinski definition) is 2. The highest BCUT2D eigenvalue weighted by Crippen LogP contribution is 2.38. The summed E-state index contributed by atoms with van der Waals surface area (Å²) < 4.78 is 20.9. The molecule has 0 saturated heterocycles. The summed E-state index contributed by atoms with van der Waals surface area (Å²) >= 11 is 2.11. The lowest BCUT2D eigenvalue weighted by Gasteiger charge is -2.36. The van der Waals surface area contributed by atoms with Gasteiger partial charge in [0.05, 0.1) is 0 Å². The molecule has 0 aliphatic heterocycles. The van der Waals surface area contributed by atoms with Gasteiger partial charge in [-0.2, -0.15) is 5.10 Å². The zero-order chi connectivity index (χ0) is 14.4. The average molecular weight is 392 g/mol. The number of halogens is 2. The molecule has 0 atom stereocenters. The van der Waals surface area contributed by atoms with Gasteiger partial charge in [-0.15, -0.1) is 0 Å². The molecule has 1 heterocycles. The lowest BCUT2D eigenvalue weighted by molar-refractivity contribution is 0.488. The minimum atomic E-state index is -1.95. The molecule has 0 spiro atoms. The topological polar surface area (TPSA) is 37.9 Å². The van der Waals surface area contributed by atoms with Crippen molar-refractivity contribution in [2.24, 2.45) is 0 Å². The maximum atomic E-state index is 14.0. The molecule has 19 heavy (non-hydrogen) atoms. The van der Waals surface area contributed by atoms with Gasteiger partial charge < -0.3 is 4.43 Å². The second-order valence-corrected chi connectivity index (χ2v) is 12.0. The van der Waals surface area contributed by atoms with Crippen LogP contribution in [0.4, 0.5) is 4.39 Å². The zero-order valence-electron chi connectivity index (χ0n) is 11.8. The SMILES string of the molecule is CC(C)(C)[Si](C)(C)Oc1cc(F)c2n[nH]c(I)c2c1. The third-order valence-electron chi connectivity index (χ3n) is 3.72. The van der Waals surface area contributed by atoms with Crippen LogP contribution in [0.2, 0.25) is 18.1 Å². The third-order valence-corrected chi connectivity index (χ3v) is 8.90. The Morgan fingerprint density at radius 3 is 2.53 bits per heavy atom. The molecule has 0 fully saturated rings. The smallest absolute Gasteiger partial charge is 0.250 e. The van der Waals surface area contributed by atoms with Gasteiger partial charge in [-0.25, -0.2) is 4.39 Å². The number of hydrogen-bond donors (Lipinski definition) is 1. The Hall–Kier alpha value is -0.633. The first-order valence-electron chi connectivity index (χ1n) is 6.14. The Labute approximate surface area is 127 Å². The molecule has 0 amide bonds. The highest BCUT2D eigenvalue weighted by Gasteiger charge is 2.39. The molecule has 1 N–H and O–H groups in total. The van der Waals surface area contributed by atoms with Gasteiger partial charge >= 0.3 is 0 Å². The normalized spacial score (nSPS) is 13.0. The van der Waals surface area contributed by atoms with Gasteiger partial charge in [-0.3, -0.25) is 5.10 Å². The number of nitrogens with one attached hydrogen (secondary N) is 1. The molecule has 0 aliphatic carbocycles. The Morgan fingerprint density at radius 2 is 1.95 bits per heavy atom. The first kappa shape index (κ1) is 14.8. The highest BCUT2D eigenvalue weighted by atomic mass is 127. The van der Waals surface area contributed by atoms with Crippen LogP contribution < -0.4 is 4.43 Å². The van der Waals surface area contributed by atoms with Crippen molar-refractivity contribution in [2.75, 3.05) is 0 Å². The van der Waals surface area contributed by atoms with Crippen LogP contribution in [0.3, 0.4) is 0 Å². The number of benzene rings is 1. The maximum Gasteiger partial charge on any atom is 0.250 e. The third kappa shape index (κ3) is 2.79. The van der Waals surface area contributed by atoms with Crippen LogP contribution in [0, 0.1) is 9.52 Å². The summed E-state index contributed by atoms with van der Waals surface area (Å²) in [6.07, 6.45) is 0. The number of fused-ring (bicyclic) bond motifs is 1. The van der Waals surface area contributed by atoms with Crippen LogP contribution in [0.25, 0.3) is 10.9 Å². The van der Waals surface area contributed by atoms with Crippen LogP contribution >= 0.6 is 22.6 Å². The van der Waals surface area contributed by atoms with Crippen LogP contribution in [0.5, 0.6) is 5.75 Å². The van der Waals surface area contributed by atoms with Gasteiger partial charge in [0.25, 0.3) is 0 Å². The Bertz CT molecular complexity index is 619. The number of nitrogens with zero attached hydrogens (tertiary/aromatic N) is 1. The monoisotopic (exact) mass is 392 g/mol. The molecule has 104 valence electrons. The van der Waals surface area contributed by atoms with Gasteiger partial charge in [0.15, 0.2) is 5.82 Å². The van der Waals surface area contributed by atoms with Crippen LogP contribution in [0.1, 0.15) is 20.8 Å². The summed E-state index contributed by atoms with van der Waals surface area (Å²) in [5, 5.41) is 7.60. The average Bonchev–Trinajstić information content (AvgIpc) is 2.59. The van der Waals surface area contributed by atoms with E-state index in [4.69, 9.17) is 4.43 Å². The van der Waals surface area contributed by atoms with Crippen molar-refractivity contribution in [1.29, 1.82) is 0 Å². The number of aromatic amines is 1. The lowest BCUT2D eigenvalue weighted by Crippen LogP contribution is -2.43. The molecule has 1 aromatic heterocycles. The maximum absolute atomic E-state index is 14.0. The fourth-order valence-corrected chi connectivity index (χ4v) is 3.07. The van der Waals surface area contributed by atoms with Crippen molar-refractivity contribution in [2.45, 2.75) is 38.9 Å². The number of rotatable bonds is 2. The second kappa shape index (κ2) is 4.73. The van der Waals surface area contributed by atoms with E-state index in [1.807, 2.05) is 6.07 Å². The van der Waals surface area contributed by atoms with E-state index in [0.717, 1.165) is 9.09 Å². The van der Waals surface area contributed by atoms with Crippen molar-refractivity contribution in [3.05, 3.63) is 21.7 Å². The molecule has 2 rings (SSSR count). The van der Waals surface area contributed by atoms with Crippen LogP contribution in [-0.4, -0.2) is 18.5 Å². The zero-order valence-corrected chi connectivity index (χ0v) is 14.9.